The standard InChI is InChI=1S/C24H21N5O3/c1-28-22(12-18(27-28)15-6-3-2-4-7-15)26-19-10-17(30)11-21(31)23(19)24(32)29-13-16-8-5-9-25-20(16)14-29/h2-12,26,30-31H,13-14H2,1H3. The van der Waals surface area contributed by atoms with Crippen LogP contribution in [0.3, 0.4) is 0 Å². The average Bonchev–Trinajstić information content (AvgIpc) is 3.37. The SMILES string of the molecule is Cn1nc(-c2ccccc2)cc1Nc1cc(O)cc(O)c1C(=O)N1Cc2cccnc2C1. The Kier molecular flexibility index (Phi) is 4.74. The molecule has 1 aliphatic rings. The van der Waals surface area contributed by atoms with Gasteiger partial charge in [-0.1, -0.05) is 36.4 Å². The maximum absolute atomic E-state index is 13.4. The number of carbonyl (C=O) groups excluding carboxylic acids is 1. The van der Waals surface area contributed by atoms with Crippen LogP contribution in [0.15, 0.2) is 66.9 Å². The zero-order valence-electron chi connectivity index (χ0n) is 17.4. The molecule has 0 unspecified atom stereocenters. The van der Waals surface area contributed by atoms with Crippen molar-refractivity contribution in [2.24, 2.45) is 7.05 Å². The Labute approximate surface area is 184 Å². The van der Waals surface area contributed by atoms with Gasteiger partial charge in [0.05, 0.1) is 23.6 Å². The number of nitrogens with zero attached hydrogens (tertiary/aromatic N) is 4. The van der Waals surface area contributed by atoms with Gasteiger partial charge in [0.1, 0.15) is 22.9 Å². The lowest BCUT2D eigenvalue weighted by Gasteiger charge is -2.19. The van der Waals surface area contributed by atoms with Gasteiger partial charge in [0.25, 0.3) is 5.91 Å². The second-order valence-corrected chi connectivity index (χ2v) is 7.69. The molecule has 4 aromatic rings. The molecule has 3 heterocycles. The number of aromatic hydroxyl groups is 2. The van der Waals surface area contributed by atoms with Gasteiger partial charge in [0, 0.05) is 43.6 Å². The first-order valence-electron chi connectivity index (χ1n) is 10.1. The van der Waals surface area contributed by atoms with Crippen LogP contribution in [0.2, 0.25) is 0 Å². The average molecular weight is 427 g/mol. The zero-order chi connectivity index (χ0) is 22.2. The van der Waals surface area contributed by atoms with Gasteiger partial charge >= 0.3 is 0 Å². The number of anilines is 2. The van der Waals surface area contributed by atoms with E-state index in [-0.39, 0.29) is 23.0 Å². The van der Waals surface area contributed by atoms with E-state index in [9.17, 15) is 15.0 Å². The molecule has 0 fully saturated rings. The predicted molar refractivity (Wildman–Crippen MR) is 120 cm³/mol. The van der Waals surface area contributed by atoms with Gasteiger partial charge in [-0.25, -0.2) is 0 Å². The zero-order valence-corrected chi connectivity index (χ0v) is 17.4. The fraction of sp³-hybridized carbons (Fsp3) is 0.125. The Morgan fingerprint density at radius 3 is 2.62 bits per heavy atom. The van der Waals surface area contributed by atoms with Gasteiger partial charge in [-0.2, -0.15) is 5.10 Å². The summed E-state index contributed by atoms with van der Waals surface area (Å²) in [5.74, 6) is -0.201. The van der Waals surface area contributed by atoms with Gasteiger partial charge in [0.15, 0.2) is 0 Å². The molecule has 8 heteroatoms. The molecule has 2 aromatic carbocycles. The Balaban J connectivity index is 1.48. The number of pyridine rings is 1. The molecule has 0 bridgehead atoms. The van der Waals surface area contributed by atoms with Crippen molar-refractivity contribution in [2.75, 3.05) is 5.32 Å². The Bertz CT molecular complexity index is 1290. The van der Waals surface area contributed by atoms with Gasteiger partial charge in [-0.05, 0) is 11.6 Å². The minimum Gasteiger partial charge on any atom is -0.508 e. The van der Waals surface area contributed by atoms with Crippen LogP contribution in [-0.4, -0.2) is 35.8 Å². The Hall–Kier alpha value is -4.33. The molecule has 0 spiro atoms. The number of phenolic OH excluding ortho intramolecular Hbond substituents is 2. The van der Waals surface area contributed by atoms with Crippen LogP contribution in [-0.2, 0) is 20.1 Å². The van der Waals surface area contributed by atoms with Crippen molar-refractivity contribution in [3.63, 3.8) is 0 Å². The number of carbonyl (C=O) groups is 1. The number of fused-ring (bicyclic) bond motifs is 1. The van der Waals surface area contributed by atoms with E-state index < -0.39 is 0 Å². The summed E-state index contributed by atoms with van der Waals surface area (Å²) in [7, 11) is 1.78. The molecule has 0 saturated heterocycles. The highest BCUT2D eigenvalue weighted by Crippen LogP contribution is 2.36. The monoisotopic (exact) mass is 427 g/mol. The van der Waals surface area contributed by atoms with Crippen LogP contribution in [0, 0.1) is 0 Å². The molecule has 1 aliphatic heterocycles. The fourth-order valence-corrected chi connectivity index (χ4v) is 3.91. The number of aromatic nitrogens is 3. The number of benzene rings is 2. The largest absolute Gasteiger partial charge is 0.508 e. The number of hydrogen-bond acceptors (Lipinski definition) is 6. The van der Waals surface area contributed by atoms with E-state index in [1.54, 1.807) is 22.8 Å². The van der Waals surface area contributed by atoms with E-state index in [1.165, 1.54) is 12.1 Å². The Morgan fingerprint density at radius 1 is 1.03 bits per heavy atom. The van der Waals surface area contributed by atoms with Crippen LogP contribution in [0.4, 0.5) is 11.5 Å². The minimum absolute atomic E-state index is 0.0815. The molecule has 0 atom stereocenters. The van der Waals surface area contributed by atoms with Crippen LogP contribution in [0.5, 0.6) is 11.5 Å². The predicted octanol–water partition coefficient (Wildman–Crippen LogP) is 3.79. The van der Waals surface area contributed by atoms with Crippen LogP contribution in [0.25, 0.3) is 11.3 Å². The molecular formula is C24H21N5O3. The number of hydrogen-bond donors (Lipinski definition) is 3. The van der Waals surface area contributed by atoms with Crippen LogP contribution >= 0.6 is 0 Å². The highest BCUT2D eigenvalue weighted by Gasteiger charge is 2.29. The quantitative estimate of drug-likeness (QED) is 0.458. The molecule has 160 valence electrons. The first-order chi connectivity index (χ1) is 15.5. The van der Waals surface area contributed by atoms with E-state index in [2.05, 4.69) is 15.4 Å². The smallest absolute Gasteiger partial charge is 0.260 e. The third-order valence-electron chi connectivity index (χ3n) is 5.50. The van der Waals surface area contributed by atoms with E-state index in [0.29, 0.717) is 24.6 Å². The maximum atomic E-state index is 13.4. The van der Waals surface area contributed by atoms with E-state index in [0.717, 1.165) is 22.5 Å². The molecular weight excluding hydrogens is 406 g/mol. The maximum Gasteiger partial charge on any atom is 0.260 e. The summed E-state index contributed by atoms with van der Waals surface area (Å²) in [5, 5.41) is 28.3. The highest BCUT2D eigenvalue weighted by molar-refractivity contribution is 6.03. The van der Waals surface area contributed by atoms with Crippen LogP contribution < -0.4 is 5.32 Å². The van der Waals surface area contributed by atoms with Gasteiger partial charge in [0.2, 0.25) is 0 Å². The van der Waals surface area contributed by atoms with Crippen molar-refractivity contribution in [1.82, 2.24) is 19.7 Å². The number of nitrogens with one attached hydrogen (secondary N) is 1. The number of phenols is 2. The molecule has 1 amide bonds. The van der Waals surface area contributed by atoms with Crippen molar-refractivity contribution in [3.05, 3.63) is 83.7 Å². The third-order valence-corrected chi connectivity index (χ3v) is 5.50. The van der Waals surface area contributed by atoms with Crippen LogP contribution in [0.1, 0.15) is 21.6 Å². The Morgan fingerprint density at radius 2 is 1.84 bits per heavy atom. The second kappa shape index (κ2) is 7.73. The van der Waals surface area contributed by atoms with Gasteiger partial charge < -0.3 is 20.4 Å². The number of amides is 1. The van der Waals surface area contributed by atoms with Crippen molar-refractivity contribution in [1.29, 1.82) is 0 Å². The summed E-state index contributed by atoms with van der Waals surface area (Å²) in [5.41, 5.74) is 3.90. The van der Waals surface area contributed by atoms with Crippen molar-refractivity contribution in [3.8, 4) is 22.8 Å². The summed E-state index contributed by atoms with van der Waals surface area (Å²) in [4.78, 5) is 19.3. The van der Waals surface area contributed by atoms with E-state index >= 15 is 0 Å². The second-order valence-electron chi connectivity index (χ2n) is 7.69. The first kappa shape index (κ1) is 19.6. The summed E-state index contributed by atoms with van der Waals surface area (Å²) in [6, 6.07) is 17.9. The molecule has 2 aromatic heterocycles. The number of aryl methyl sites for hydroxylation is 1. The first-order valence-corrected chi connectivity index (χ1v) is 10.1. The van der Waals surface area contributed by atoms with Crippen molar-refractivity contribution < 1.29 is 15.0 Å². The topological polar surface area (TPSA) is 104 Å². The fourth-order valence-electron chi connectivity index (χ4n) is 3.91. The molecule has 0 saturated carbocycles. The molecule has 32 heavy (non-hydrogen) atoms. The lowest BCUT2D eigenvalue weighted by Crippen LogP contribution is -2.26. The molecule has 3 N–H and O–H groups in total. The molecule has 0 aliphatic carbocycles. The third kappa shape index (κ3) is 3.51. The summed E-state index contributed by atoms with van der Waals surface area (Å²) in [6.07, 6.45) is 1.70. The lowest BCUT2D eigenvalue weighted by molar-refractivity contribution is 0.0748. The molecule has 8 nitrogen and oxygen atoms in total. The minimum atomic E-state index is -0.353. The van der Waals surface area contributed by atoms with Gasteiger partial charge in [-0.3, -0.25) is 14.5 Å². The molecule has 0 radical (unpaired) electrons. The number of rotatable bonds is 4. The highest BCUT2D eigenvalue weighted by atomic mass is 16.3. The van der Waals surface area contributed by atoms with Crippen molar-refractivity contribution in [2.45, 2.75) is 13.1 Å². The summed E-state index contributed by atoms with van der Waals surface area (Å²) in [6.45, 7) is 0.768. The van der Waals surface area contributed by atoms with E-state index in [1.807, 2.05) is 48.5 Å². The van der Waals surface area contributed by atoms with Gasteiger partial charge in [-0.15, -0.1) is 0 Å². The summed E-state index contributed by atoms with van der Waals surface area (Å²) >= 11 is 0. The van der Waals surface area contributed by atoms with Crippen molar-refractivity contribution >= 4 is 17.4 Å². The molecule has 5 rings (SSSR count). The van der Waals surface area contributed by atoms with E-state index in [4.69, 9.17) is 0 Å². The lowest BCUT2D eigenvalue weighted by atomic mass is 10.1. The normalized spacial score (nSPS) is 12.6. The summed E-state index contributed by atoms with van der Waals surface area (Å²) < 4.78 is 1.65.